The largest absolute Gasteiger partial charge is 0.369 e. The van der Waals surface area contributed by atoms with Gasteiger partial charge in [-0.25, -0.2) is 0 Å². The summed E-state index contributed by atoms with van der Waals surface area (Å²) in [5, 5.41) is 3.56. The summed E-state index contributed by atoms with van der Waals surface area (Å²) < 4.78 is 0. The van der Waals surface area contributed by atoms with Gasteiger partial charge in [0.05, 0.1) is 0 Å². The minimum absolute atomic E-state index is 0.699. The van der Waals surface area contributed by atoms with Crippen LogP contribution in [0.1, 0.15) is 18.9 Å². The fourth-order valence-corrected chi connectivity index (χ4v) is 3.51. The molecule has 2 aliphatic heterocycles. The van der Waals surface area contributed by atoms with Gasteiger partial charge in [0.15, 0.2) is 0 Å². The van der Waals surface area contributed by atoms with Crippen molar-refractivity contribution >= 4 is 5.69 Å². The van der Waals surface area contributed by atoms with Crippen LogP contribution in [0.2, 0.25) is 0 Å². The number of anilines is 1. The molecule has 0 saturated carbocycles. The van der Waals surface area contributed by atoms with E-state index in [0.717, 1.165) is 19.0 Å². The normalized spacial score (nSPS) is 28.0. The molecule has 2 aliphatic rings. The number of rotatable bonds is 3. The molecule has 2 saturated heterocycles. The van der Waals surface area contributed by atoms with Crippen LogP contribution in [0.4, 0.5) is 5.69 Å². The molecule has 3 heteroatoms. The third-order valence-corrected chi connectivity index (χ3v) is 4.92. The Balaban J connectivity index is 1.52. The van der Waals surface area contributed by atoms with E-state index in [4.69, 9.17) is 0 Å². The van der Waals surface area contributed by atoms with E-state index in [-0.39, 0.29) is 0 Å². The first-order valence-corrected chi connectivity index (χ1v) is 8.00. The van der Waals surface area contributed by atoms with Crippen LogP contribution in [0.15, 0.2) is 24.3 Å². The second kappa shape index (κ2) is 6.15. The second-order valence-electron chi connectivity index (χ2n) is 6.42. The number of hydrogen-bond acceptors (Lipinski definition) is 3. The zero-order valence-electron chi connectivity index (χ0n) is 12.8. The molecule has 2 fully saturated rings. The highest BCUT2D eigenvalue weighted by molar-refractivity contribution is 5.48. The maximum absolute atomic E-state index is 3.56. The lowest BCUT2D eigenvalue weighted by atomic mass is 10.0. The van der Waals surface area contributed by atoms with Crippen molar-refractivity contribution in [1.82, 2.24) is 10.2 Å². The summed E-state index contributed by atoms with van der Waals surface area (Å²) in [7, 11) is 0. The molecule has 110 valence electrons. The first-order chi connectivity index (χ1) is 9.72. The third-order valence-electron chi connectivity index (χ3n) is 4.92. The van der Waals surface area contributed by atoms with Crippen LogP contribution in [0.5, 0.6) is 0 Å². The van der Waals surface area contributed by atoms with Gasteiger partial charge in [0.1, 0.15) is 0 Å². The van der Waals surface area contributed by atoms with E-state index in [0.29, 0.717) is 6.04 Å². The summed E-state index contributed by atoms with van der Waals surface area (Å²) in [5.41, 5.74) is 2.75. The van der Waals surface area contributed by atoms with Crippen molar-refractivity contribution in [2.45, 2.75) is 26.3 Å². The van der Waals surface area contributed by atoms with Crippen molar-refractivity contribution in [3.63, 3.8) is 0 Å². The summed E-state index contributed by atoms with van der Waals surface area (Å²) >= 11 is 0. The molecule has 1 aromatic carbocycles. The quantitative estimate of drug-likeness (QED) is 0.910. The lowest BCUT2D eigenvalue weighted by molar-refractivity contribution is 0.212. The maximum Gasteiger partial charge on any atom is 0.0369 e. The van der Waals surface area contributed by atoms with E-state index >= 15 is 0 Å². The van der Waals surface area contributed by atoms with E-state index in [1.807, 2.05) is 0 Å². The van der Waals surface area contributed by atoms with Crippen LogP contribution in [0, 0.1) is 12.8 Å². The van der Waals surface area contributed by atoms with E-state index in [1.165, 1.54) is 43.9 Å². The molecular weight excluding hydrogens is 246 g/mol. The molecule has 1 aromatic rings. The second-order valence-corrected chi connectivity index (χ2v) is 6.42. The highest BCUT2D eigenvalue weighted by Gasteiger charge is 2.26. The maximum atomic E-state index is 3.56. The molecule has 3 rings (SSSR count). The highest BCUT2D eigenvalue weighted by Crippen LogP contribution is 2.20. The van der Waals surface area contributed by atoms with Crippen LogP contribution in [0.3, 0.4) is 0 Å². The monoisotopic (exact) mass is 273 g/mol. The van der Waals surface area contributed by atoms with Gasteiger partial charge in [0.25, 0.3) is 0 Å². The minimum Gasteiger partial charge on any atom is -0.369 e. The van der Waals surface area contributed by atoms with Gasteiger partial charge in [-0.2, -0.15) is 0 Å². The van der Waals surface area contributed by atoms with Crippen molar-refractivity contribution in [2.24, 2.45) is 5.92 Å². The minimum atomic E-state index is 0.699. The van der Waals surface area contributed by atoms with Crippen molar-refractivity contribution in [2.75, 3.05) is 44.2 Å². The zero-order valence-corrected chi connectivity index (χ0v) is 12.8. The van der Waals surface area contributed by atoms with Gasteiger partial charge in [-0.05, 0) is 50.4 Å². The van der Waals surface area contributed by atoms with Crippen molar-refractivity contribution in [3.8, 4) is 0 Å². The molecule has 2 atom stereocenters. The number of nitrogens with zero attached hydrogens (tertiary/aromatic N) is 2. The Labute approximate surface area is 123 Å². The molecule has 3 nitrogen and oxygen atoms in total. The van der Waals surface area contributed by atoms with Crippen molar-refractivity contribution in [3.05, 3.63) is 29.8 Å². The molecule has 0 aliphatic carbocycles. The number of aryl methyl sites for hydroxylation is 1. The Morgan fingerprint density at radius 2 is 2.00 bits per heavy atom. The molecule has 0 aromatic heterocycles. The molecule has 1 N–H and O–H groups in total. The fraction of sp³-hybridized carbons (Fsp3) is 0.647. The van der Waals surface area contributed by atoms with Crippen LogP contribution in [0.25, 0.3) is 0 Å². The Morgan fingerprint density at radius 3 is 2.65 bits per heavy atom. The molecule has 2 unspecified atom stereocenters. The van der Waals surface area contributed by atoms with Crippen LogP contribution in [-0.4, -0.2) is 50.2 Å². The average molecular weight is 273 g/mol. The van der Waals surface area contributed by atoms with Gasteiger partial charge in [-0.3, -0.25) is 4.90 Å². The van der Waals surface area contributed by atoms with E-state index in [9.17, 15) is 0 Å². The van der Waals surface area contributed by atoms with Crippen LogP contribution >= 0.6 is 0 Å². The van der Waals surface area contributed by atoms with Gasteiger partial charge in [0, 0.05) is 44.5 Å². The number of nitrogens with one attached hydrogen (secondary N) is 1. The van der Waals surface area contributed by atoms with Crippen LogP contribution < -0.4 is 10.2 Å². The van der Waals surface area contributed by atoms with Gasteiger partial charge >= 0.3 is 0 Å². The molecule has 0 bridgehead atoms. The van der Waals surface area contributed by atoms with E-state index < -0.39 is 0 Å². The van der Waals surface area contributed by atoms with Crippen LogP contribution in [-0.2, 0) is 0 Å². The SMILES string of the molecule is Cc1cccc(N2CCN(CC3CCNC3C)CC2)c1. The third kappa shape index (κ3) is 3.15. The number of benzene rings is 1. The topological polar surface area (TPSA) is 18.5 Å². The molecule has 0 amide bonds. The van der Waals surface area contributed by atoms with Gasteiger partial charge in [-0.15, -0.1) is 0 Å². The molecular formula is C17H27N3. The lowest BCUT2D eigenvalue weighted by Gasteiger charge is -2.37. The predicted molar refractivity (Wildman–Crippen MR) is 85.4 cm³/mol. The van der Waals surface area contributed by atoms with E-state index in [2.05, 4.69) is 53.2 Å². The summed E-state index contributed by atoms with van der Waals surface area (Å²) in [4.78, 5) is 5.18. The van der Waals surface area contributed by atoms with Gasteiger partial charge < -0.3 is 10.2 Å². The van der Waals surface area contributed by atoms with Crippen molar-refractivity contribution in [1.29, 1.82) is 0 Å². The standard InChI is InChI=1S/C17H27N3/c1-14-4-3-5-17(12-14)20-10-8-19(9-11-20)13-16-6-7-18-15(16)2/h3-5,12,15-16,18H,6-11,13H2,1-2H3. The smallest absolute Gasteiger partial charge is 0.0369 e. The molecule has 20 heavy (non-hydrogen) atoms. The van der Waals surface area contributed by atoms with E-state index in [1.54, 1.807) is 0 Å². The molecule has 2 heterocycles. The molecule has 0 radical (unpaired) electrons. The summed E-state index contributed by atoms with van der Waals surface area (Å²) in [6.45, 7) is 11.7. The Bertz CT molecular complexity index is 438. The average Bonchev–Trinajstić information content (AvgIpc) is 2.85. The summed E-state index contributed by atoms with van der Waals surface area (Å²) in [6, 6.07) is 9.59. The Hall–Kier alpha value is -1.06. The highest BCUT2D eigenvalue weighted by atomic mass is 15.3. The predicted octanol–water partition coefficient (Wildman–Crippen LogP) is 2.12. The number of piperazine rings is 1. The summed E-state index contributed by atoms with van der Waals surface area (Å²) in [6.07, 6.45) is 1.35. The Morgan fingerprint density at radius 1 is 1.20 bits per heavy atom. The first kappa shape index (κ1) is 13.9. The Kier molecular flexibility index (Phi) is 4.27. The lowest BCUT2D eigenvalue weighted by Crippen LogP contribution is -2.48. The fourth-order valence-electron chi connectivity index (χ4n) is 3.51. The van der Waals surface area contributed by atoms with Gasteiger partial charge in [0.2, 0.25) is 0 Å². The molecule has 0 spiro atoms. The number of hydrogen-bond donors (Lipinski definition) is 1. The van der Waals surface area contributed by atoms with Gasteiger partial charge in [-0.1, -0.05) is 12.1 Å². The first-order valence-electron chi connectivity index (χ1n) is 8.00. The van der Waals surface area contributed by atoms with Crippen molar-refractivity contribution < 1.29 is 0 Å². The zero-order chi connectivity index (χ0) is 13.9. The summed E-state index contributed by atoms with van der Waals surface area (Å²) in [5.74, 6) is 0.848.